The van der Waals surface area contributed by atoms with Gasteiger partial charge in [-0.1, -0.05) is 24.3 Å². The number of nitrogens with zero attached hydrogens (tertiary/aromatic N) is 1. The van der Waals surface area contributed by atoms with Gasteiger partial charge in [-0.15, -0.1) is 0 Å². The number of aromatic hydroxyl groups is 1. The lowest BCUT2D eigenvalue weighted by atomic mass is 9.94. The van der Waals surface area contributed by atoms with Crippen molar-refractivity contribution in [3.05, 3.63) is 101 Å². The molecule has 0 fully saturated rings. The van der Waals surface area contributed by atoms with Crippen LogP contribution >= 0.6 is 0 Å². The minimum atomic E-state index is -1.38. The van der Waals surface area contributed by atoms with Gasteiger partial charge in [-0.2, -0.15) is 0 Å². The fraction of sp³-hybridized carbons (Fsp3) is 0.0769. The summed E-state index contributed by atoms with van der Waals surface area (Å²) in [6.45, 7) is 0. The molecule has 2 heterocycles. The summed E-state index contributed by atoms with van der Waals surface area (Å²) in [6, 6.07) is 13.1. The van der Waals surface area contributed by atoms with Gasteiger partial charge >= 0.3 is 0 Å². The Morgan fingerprint density at radius 3 is 2.54 bits per heavy atom. The SMILES string of the molecule is COc1cccc2cc(C(=O)C3=C(O)C(=O)N(c4cc(F)ccc4F)C3c3cccc(O)c3)oc12. The van der Waals surface area contributed by atoms with Crippen molar-refractivity contribution in [2.75, 3.05) is 12.0 Å². The molecular weight excluding hydrogens is 460 g/mol. The van der Waals surface area contributed by atoms with E-state index in [4.69, 9.17) is 9.15 Å². The third kappa shape index (κ3) is 3.57. The number of phenols is 1. The number of furan rings is 1. The molecule has 0 saturated heterocycles. The number of methoxy groups -OCH3 is 1. The third-order valence-electron chi connectivity index (χ3n) is 5.76. The standard InChI is InChI=1S/C26H17F2NO6/c1-34-19-7-3-5-14-11-20(35-25(14)19)23(31)21-22(13-4-2-6-16(30)10-13)29(26(33)24(21)32)18-12-15(27)8-9-17(18)28/h2-12,22,30,32H,1H3. The maximum atomic E-state index is 14.7. The van der Waals surface area contributed by atoms with E-state index in [0.29, 0.717) is 11.1 Å². The Balaban J connectivity index is 1.70. The Bertz CT molecular complexity index is 1540. The Hall–Kier alpha value is -4.66. The lowest BCUT2D eigenvalue weighted by molar-refractivity contribution is -0.117. The zero-order chi connectivity index (χ0) is 24.9. The predicted molar refractivity (Wildman–Crippen MR) is 121 cm³/mol. The molecule has 4 aromatic rings. The number of benzene rings is 3. The van der Waals surface area contributed by atoms with Gasteiger partial charge in [0.2, 0.25) is 5.78 Å². The highest BCUT2D eigenvalue weighted by atomic mass is 19.1. The molecule has 2 N–H and O–H groups in total. The zero-order valence-electron chi connectivity index (χ0n) is 18.2. The van der Waals surface area contributed by atoms with Gasteiger partial charge in [0, 0.05) is 11.5 Å². The summed E-state index contributed by atoms with van der Waals surface area (Å²) in [5.41, 5.74) is -0.431. The molecule has 1 amide bonds. The molecule has 5 rings (SSSR count). The van der Waals surface area contributed by atoms with Crippen LogP contribution in [0.15, 0.2) is 82.5 Å². The highest BCUT2D eigenvalue weighted by molar-refractivity contribution is 6.20. The van der Waals surface area contributed by atoms with Gasteiger partial charge in [0.05, 0.1) is 24.4 Å². The minimum absolute atomic E-state index is 0.183. The summed E-state index contributed by atoms with van der Waals surface area (Å²) in [6.07, 6.45) is 0. The lowest BCUT2D eigenvalue weighted by Crippen LogP contribution is -2.32. The van der Waals surface area contributed by atoms with Crippen LogP contribution in [0, 0.1) is 11.6 Å². The smallest absolute Gasteiger partial charge is 0.294 e. The number of halogens is 2. The quantitative estimate of drug-likeness (QED) is 0.383. The van der Waals surface area contributed by atoms with E-state index in [2.05, 4.69) is 0 Å². The molecule has 35 heavy (non-hydrogen) atoms. The van der Waals surface area contributed by atoms with Crippen LogP contribution in [0.5, 0.6) is 11.5 Å². The van der Waals surface area contributed by atoms with Gasteiger partial charge in [-0.25, -0.2) is 8.78 Å². The number of rotatable bonds is 5. The van der Waals surface area contributed by atoms with E-state index in [-0.39, 0.29) is 22.7 Å². The molecule has 0 radical (unpaired) electrons. The number of aliphatic hydroxyl groups is 1. The van der Waals surface area contributed by atoms with Crippen LogP contribution in [0.1, 0.15) is 22.2 Å². The second-order valence-corrected chi connectivity index (χ2v) is 7.85. The molecule has 1 atom stereocenters. The largest absolute Gasteiger partial charge is 0.508 e. The fourth-order valence-electron chi connectivity index (χ4n) is 4.21. The summed E-state index contributed by atoms with van der Waals surface area (Å²) in [7, 11) is 1.44. The topological polar surface area (TPSA) is 100 Å². The minimum Gasteiger partial charge on any atom is -0.508 e. The molecular formula is C26H17F2NO6. The maximum Gasteiger partial charge on any atom is 0.294 e. The molecule has 3 aromatic carbocycles. The van der Waals surface area contributed by atoms with Crippen LogP contribution < -0.4 is 9.64 Å². The molecule has 0 spiro atoms. The van der Waals surface area contributed by atoms with Crippen molar-refractivity contribution < 1.29 is 37.7 Å². The first kappa shape index (κ1) is 22.1. The van der Waals surface area contributed by atoms with Crippen molar-refractivity contribution in [2.24, 2.45) is 0 Å². The number of carbonyl (C=O) groups excluding carboxylic acids is 2. The van der Waals surface area contributed by atoms with E-state index in [0.717, 1.165) is 23.1 Å². The number of carbonyl (C=O) groups is 2. The van der Waals surface area contributed by atoms with Gasteiger partial charge in [-0.05, 0) is 42.0 Å². The second kappa shape index (κ2) is 8.28. The van der Waals surface area contributed by atoms with E-state index in [1.807, 2.05) is 0 Å². The van der Waals surface area contributed by atoms with E-state index in [1.165, 1.54) is 37.4 Å². The van der Waals surface area contributed by atoms with Crippen molar-refractivity contribution in [3.63, 3.8) is 0 Å². The second-order valence-electron chi connectivity index (χ2n) is 7.85. The third-order valence-corrected chi connectivity index (χ3v) is 5.76. The first-order chi connectivity index (χ1) is 16.8. The van der Waals surface area contributed by atoms with Crippen molar-refractivity contribution in [1.82, 2.24) is 0 Å². The number of anilines is 1. The number of hydrogen-bond acceptors (Lipinski definition) is 6. The molecule has 1 aromatic heterocycles. The van der Waals surface area contributed by atoms with E-state index < -0.39 is 46.4 Å². The highest BCUT2D eigenvalue weighted by Crippen LogP contribution is 2.44. The monoisotopic (exact) mass is 477 g/mol. The molecule has 176 valence electrons. The number of ketones is 1. The van der Waals surface area contributed by atoms with Crippen LogP contribution in [-0.4, -0.2) is 29.0 Å². The van der Waals surface area contributed by atoms with Gasteiger partial charge < -0.3 is 19.4 Å². The average Bonchev–Trinajstić information content (AvgIpc) is 3.39. The lowest BCUT2D eigenvalue weighted by Gasteiger charge is -2.27. The molecule has 7 nitrogen and oxygen atoms in total. The molecule has 1 aliphatic heterocycles. The van der Waals surface area contributed by atoms with E-state index in [9.17, 15) is 28.6 Å². The van der Waals surface area contributed by atoms with Gasteiger partial charge in [-0.3, -0.25) is 14.5 Å². The normalized spacial score (nSPS) is 15.8. The molecule has 1 unspecified atom stereocenters. The zero-order valence-corrected chi connectivity index (χ0v) is 18.2. The molecule has 0 aliphatic carbocycles. The number of para-hydroxylation sites is 1. The van der Waals surface area contributed by atoms with Gasteiger partial charge in [0.1, 0.15) is 17.4 Å². The van der Waals surface area contributed by atoms with Crippen LogP contribution in [0.4, 0.5) is 14.5 Å². The first-order valence-corrected chi connectivity index (χ1v) is 10.4. The number of hydrogen-bond donors (Lipinski definition) is 2. The number of phenolic OH excluding ortho intramolecular Hbond substituents is 1. The maximum absolute atomic E-state index is 14.7. The number of aliphatic hydroxyl groups excluding tert-OH is 1. The summed E-state index contributed by atoms with van der Waals surface area (Å²) >= 11 is 0. The summed E-state index contributed by atoms with van der Waals surface area (Å²) in [4.78, 5) is 27.5. The Labute approximate surface area is 197 Å². The molecule has 9 heteroatoms. The van der Waals surface area contributed by atoms with Crippen LogP contribution in [0.25, 0.3) is 11.0 Å². The van der Waals surface area contributed by atoms with Gasteiger partial charge in [0.15, 0.2) is 22.9 Å². The Morgan fingerprint density at radius 2 is 1.80 bits per heavy atom. The highest BCUT2D eigenvalue weighted by Gasteiger charge is 2.46. The van der Waals surface area contributed by atoms with E-state index in [1.54, 1.807) is 18.2 Å². The molecule has 0 bridgehead atoms. The Kier molecular flexibility index (Phi) is 5.24. The predicted octanol–water partition coefficient (Wildman–Crippen LogP) is 5.21. The number of Topliss-reactive ketones (excluding diaryl/α,β-unsaturated/α-hetero) is 1. The average molecular weight is 477 g/mol. The summed E-state index contributed by atoms with van der Waals surface area (Å²) in [5.74, 6) is -4.70. The number of amides is 1. The number of ether oxygens (including phenoxy) is 1. The van der Waals surface area contributed by atoms with Crippen molar-refractivity contribution in [1.29, 1.82) is 0 Å². The summed E-state index contributed by atoms with van der Waals surface area (Å²) < 4.78 is 39.7. The fourth-order valence-corrected chi connectivity index (χ4v) is 4.21. The Morgan fingerprint density at radius 1 is 1.03 bits per heavy atom. The van der Waals surface area contributed by atoms with Crippen molar-refractivity contribution in [2.45, 2.75) is 6.04 Å². The van der Waals surface area contributed by atoms with Crippen molar-refractivity contribution in [3.8, 4) is 11.5 Å². The van der Waals surface area contributed by atoms with Crippen LogP contribution in [0.2, 0.25) is 0 Å². The molecule has 1 aliphatic rings. The molecule has 0 saturated carbocycles. The first-order valence-electron chi connectivity index (χ1n) is 10.4. The van der Waals surface area contributed by atoms with Crippen LogP contribution in [0.3, 0.4) is 0 Å². The van der Waals surface area contributed by atoms with Crippen molar-refractivity contribution >= 4 is 28.3 Å². The summed E-state index contributed by atoms with van der Waals surface area (Å²) in [5, 5.41) is 21.3. The van der Waals surface area contributed by atoms with Gasteiger partial charge in [0.25, 0.3) is 5.91 Å². The van der Waals surface area contributed by atoms with Crippen LogP contribution in [-0.2, 0) is 4.79 Å². The number of fused-ring (bicyclic) bond motifs is 1. The van der Waals surface area contributed by atoms with E-state index >= 15 is 0 Å².